The Morgan fingerprint density at radius 3 is 2.78 bits per heavy atom. The molecule has 0 aliphatic heterocycles. The highest BCUT2D eigenvalue weighted by Crippen LogP contribution is 2.27. The zero-order valence-corrected chi connectivity index (χ0v) is 12.2. The van der Waals surface area contributed by atoms with E-state index in [1.807, 2.05) is 36.4 Å². The van der Waals surface area contributed by atoms with Gasteiger partial charge in [-0.3, -0.25) is 4.98 Å². The Morgan fingerprint density at radius 2 is 2.06 bits per heavy atom. The summed E-state index contributed by atoms with van der Waals surface area (Å²) in [5.74, 6) is 0.678. The van der Waals surface area contributed by atoms with Gasteiger partial charge >= 0.3 is 0 Å². The number of thioether (sulfide) groups is 1. The third-order valence-electron chi connectivity index (χ3n) is 2.46. The second-order valence-electron chi connectivity index (χ2n) is 3.96. The molecule has 1 heterocycles. The third kappa shape index (κ3) is 4.12. The van der Waals surface area contributed by atoms with Crippen molar-refractivity contribution in [2.24, 2.45) is 0 Å². The molecule has 2 nitrogen and oxygen atoms in total. The lowest BCUT2D eigenvalue weighted by Gasteiger charge is -2.10. The van der Waals surface area contributed by atoms with Crippen LogP contribution in [0.25, 0.3) is 0 Å². The molecule has 1 atom stereocenters. The number of halogens is 1. The molecule has 2 rings (SSSR count). The number of benzene rings is 1. The molecule has 0 amide bonds. The van der Waals surface area contributed by atoms with Crippen molar-refractivity contribution in [3.05, 3.63) is 58.8 Å². The summed E-state index contributed by atoms with van der Waals surface area (Å²) in [6.07, 6.45) is 3.83. The highest BCUT2D eigenvalue weighted by atomic mass is 79.9. The second kappa shape index (κ2) is 6.92. The molecule has 18 heavy (non-hydrogen) atoms. The van der Waals surface area contributed by atoms with E-state index in [0.29, 0.717) is 12.2 Å². The molecule has 0 aliphatic rings. The Balaban J connectivity index is 1.86. The minimum Gasteiger partial charge on any atom is -0.392 e. The Hall–Kier alpha value is -0.840. The minimum absolute atomic E-state index is 0.355. The molecular formula is C14H14BrNOS. The van der Waals surface area contributed by atoms with E-state index in [9.17, 15) is 5.11 Å². The molecule has 0 radical (unpaired) electrons. The predicted molar refractivity (Wildman–Crippen MR) is 78.8 cm³/mol. The van der Waals surface area contributed by atoms with Gasteiger partial charge in [0, 0.05) is 33.9 Å². The fourth-order valence-corrected chi connectivity index (χ4v) is 3.10. The highest BCUT2D eigenvalue weighted by molar-refractivity contribution is 9.10. The predicted octanol–water partition coefficient (Wildman–Crippen LogP) is 3.54. The summed E-state index contributed by atoms with van der Waals surface area (Å²) in [7, 11) is 0. The molecule has 4 heteroatoms. The molecule has 0 saturated carbocycles. The number of aliphatic hydroxyl groups is 1. The normalized spacial score (nSPS) is 12.3. The molecule has 94 valence electrons. The molecular weight excluding hydrogens is 310 g/mol. The van der Waals surface area contributed by atoms with Crippen LogP contribution in [0, 0.1) is 0 Å². The molecule has 1 N–H and O–H groups in total. The maximum Gasteiger partial charge on any atom is 0.0674 e. The van der Waals surface area contributed by atoms with Crippen LogP contribution >= 0.6 is 27.7 Å². The summed E-state index contributed by atoms with van der Waals surface area (Å²) in [4.78, 5) is 5.20. The molecule has 0 spiro atoms. The number of nitrogens with zero attached hydrogens (tertiary/aromatic N) is 1. The number of hydrogen-bond acceptors (Lipinski definition) is 3. The van der Waals surface area contributed by atoms with Gasteiger partial charge in [-0.05, 0) is 39.7 Å². The average molecular weight is 324 g/mol. The number of pyridine rings is 1. The van der Waals surface area contributed by atoms with Gasteiger partial charge in [-0.25, -0.2) is 0 Å². The van der Waals surface area contributed by atoms with E-state index in [2.05, 4.69) is 20.9 Å². The van der Waals surface area contributed by atoms with Crippen molar-refractivity contribution < 1.29 is 5.11 Å². The first kappa shape index (κ1) is 13.6. The lowest BCUT2D eigenvalue weighted by atomic mass is 10.1. The average Bonchev–Trinajstić information content (AvgIpc) is 2.39. The van der Waals surface area contributed by atoms with Crippen LogP contribution in [0.2, 0.25) is 0 Å². The number of rotatable bonds is 5. The van der Waals surface area contributed by atoms with Crippen molar-refractivity contribution in [2.45, 2.75) is 17.4 Å². The summed E-state index contributed by atoms with van der Waals surface area (Å²) in [5, 5.41) is 9.99. The van der Waals surface area contributed by atoms with Crippen molar-refractivity contribution in [3.8, 4) is 0 Å². The van der Waals surface area contributed by atoms with Crippen LogP contribution in [0.5, 0.6) is 0 Å². The lowest BCUT2D eigenvalue weighted by molar-refractivity contribution is 0.200. The number of aromatic nitrogens is 1. The van der Waals surface area contributed by atoms with Crippen molar-refractivity contribution in [1.29, 1.82) is 0 Å². The largest absolute Gasteiger partial charge is 0.392 e. The fraction of sp³-hybridized carbons (Fsp3) is 0.214. The van der Waals surface area contributed by atoms with Crippen molar-refractivity contribution in [1.82, 2.24) is 4.98 Å². The first-order chi connectivity index (χ1) is 8.75. The Morgan fingerprint density at radius 1 is 1.22 bits per heavy atom. The van der Waals surface area contributed by atoms with E-state index in [0.717, 1.165) is 14.9 Å². The summed E-state index contributed by atoms with van der Waals surface area (Å²) in [5.41, 5.74) is 1.07. The van der Waals surface area contributed by atoms with Gasteiger partial charge in [0.2, 0.25) is 0 Å². The van der Waals surface area contributed by atoms with Crippen LogP contribution in [-0.2, 0) is 6.42 Å². The summed E-state index contributed by atoms with van der Waals surface area (Å²) < 4.78 is 1.07. The molecule has 0 aliphatic carbocycles. The van der Waals surface area contributed by atoms with Crippen LogP contribution in [-0.4, -0.2) is 21.9 Å². The van der Waals surface area contributed by atoms with E-state index in [-0.39, 0.29) is 6.10 Å². The van der Waals surface area contributed by atoms with Crippen LogP contribution < -0.4 is 0 Å². The molecule has 1 aromatic heterocycles. The van der Waals surface area contributed by atoms with Gasteiger partial charge in [0.1, 0.15) is 0 Å². The van der Waals surface area contributed by atoms with Gasteiger partial charge in [-0.2, -0.15) is 0 Å². The van der Waals surface area contributed by atoms with Crippen molar-refractivity contribution in [3.63, 3.8) is 0 Å². The zero-order chi connectivity index (χ0) is 12.8. The zero-order valence-electron chi connectivity index (χ0n) is 9.79. The second-order valence-corrected chi connectivity index (χ2v) is 5.88. The van der Waals surface area contributed by atoms with Gasteiger partial charge in [0.25, 0.3) is 0 Å². The monoisotopic (exact) mass is 323 g/mol. The van der Waals surface area contributed by atoms with E-state index in [1.54, 1.807) is 24.2 Å². The van der Waals surface area contributed by atoms with Crippen LogP contribution in [0.15, 0.2) is 58.2 Å². The molecule has 1 aromatic carbocycles. The molecule has 0 bridgehead atoms. The van der Waals surface area contributed by atoms with Crippen LogP contribution in [0.4, 0.5) is 0 Å². The van der Waals surface area contributed by atoms with Crippen molar-refractivity contribution in [2.75, 3.05) is 5.75 Å². The topological polar surface area (TPSA) is 33.1 Å². The number of aliphatic hydroxyl groups excluding tert-OH is 1. The smallest absolute Gasteiger partial charge is 0.0674 e. The first-order valence-electron chi connectivity index (χ1n) is 5.70. The first-order valence-corrected chi connectivity index (χ1v) is 7.48. The summed E-state index contributed by atoms with van der Waals surface area (Å²) >= 11 is 5.16. The molecule has 2 aromatic rings. The highest BCUT2D eigenvalue weighted by Gasteiger charge is 2.08. The van der Waals surface area contributed by atoms with E-state index >= 15 is 0 Å². The Labute approximate surface area is 120 Å². The van der Waals surface area contributed by atoms with Gasteiger partial charge in [0.05, 0.1) is 6.10 Å². The van der Waals surface area contributed by atoms with Gasteiger partial charge in [-0.1, -0.05) is 18.2 Å². The quantitative estimate of drug-likeness (QED) is 0.854. The number of hydrogen-bond donors (Lipinski definition) is 1. The van der Waals surface area contributed by atoms with Crippen molar-refractivity contribution >= 4 is 27.7 Å². The Kier molecular flexibility index (Phi) is 5.23. The minimum atomic E-state index is -0.355. The van der Waals surface area contributed by atoms with Gasteiger partial charge < -0.3 is 5.11 Å². The van der Waals surface area contributed by atoms with Gasteiger partial charge in [0.15, 0.2) is 0 Å². The van der Waals surface area contributed by atoms with E-state index < -0.39 is 0 Å². The van der Waals surface area contributed by atoms with Crippen LogP contribution in [0.3, 0.4) is 0 Å². The standard InChI is InChI=1S/C14H14BrNOS/c15-13-5-1-2-6-14(13)18-10-12(17)8-11-4-3-7-16-9-11/h1-7,9,12,17H,8,10H2. The fourth-order valence-electron chi connectivity index (χ4n) is 1.60. The van der Waals surface area contributed by atoms with Gasteiger partial charge in [-0.15, -0.1) is 11.8 Å². The van der Waals surface area contributed by atoms with Crippen LogP contribution in [0.1, 0.15) is 5.56 Å². The summed E-state index contributed by atoms with van der Waals surface area (Å²) in [6.45, 7) is 0. The maximum absolute atomic E-state index is 9.99. The van der Waals surface area contributed by atoms with E-state index in [4.69, 9.17) is 0 Å². The maximum atomic E-state index is 9.99. The summed E-state index contributed by atoms with van der Waals surface area (Å²) in [6, 6.07) is 11.9. The Bertz CT molecular complexity index is 492. The lowest BCUT2D eigenvalue weighted by Crippen LogP contribution is -2.13. The molecule has 1 unspecified atom stereocenters. The van der Waals surface area contributed by atoms with E-state index in [1.165, 1.54) is 0 Å². The third-order valence-corrected chi connectivity index (χ3v) is 4.63. The molecule has 0 saturated heterocycles. The molecule has 0 fully saturated rings. The SMILES string of the molecule is OC(CSc1ccccc1Br)Cc1cccnc1.